The number of carbonyl (C=O) groups is 2. The van der Waals surface area contributed by atoms with Crippen LogP contribution in [-0.4, -0.2) is 82.4 Å². The fourth-order valence-corrected chi connectivity index (χ4v) is 7.06. The zero-order chi connectivity index (χ0) is 41.8. The van der Waals surface area contributed by atoms with Crippen LogP contribution in [-0.2, 0) is 34.9 Å². The lowest BCUT2D eigenvalue weighted by molar-refractivity contribution is -0.138. The van der Waals surface area contributed by atoms with Crippen molar-refractivity contribution in [2.24, 2.45) is 0 Å². The molecule has 16 heteroatoms. The van der Waals surface area contributed by atoms with E-state index < -0.39 is 34.7 Å². The minimum absolute atomic E-state index is 0.152. The van der Waals surface area contributed by atoms with Crippen LogP contribution in [0.5, 0.6) is 0 Å². The average Bonchev–Trinajstić information content (AvgIpc) is 3.03. The first-order valence-corrected chi connectivity index (χ1v) is 19.7. The molecule has 2 aliphatic rings. The normalized spacial score (nSPS) is 17.7. The van der Waals surface area contributed by atoms with Crippen molar-refractivity contribution < 1.29 is 45.4 Å². The van der Waals surface area contributed by atoms with E-state index in [1.807, 2.05) is 48.6 Å². The fraction of sp³-hybridized carbons (Fsp3) is 0.641. The minimum Gasteiger partial charge on any atom is -0.444 e. The molecule has 2 heterocycles. The molecule has 0 unspecified atom stereocenters. The van der Waals surface area contributed by atoms with E-state index >= 15 is 0 Å². The molecule has 55 heavy (non-hydrogen) atoms. The molecule has 2 aromatic carbocycles. The summed E-state index contributed by atoms with van der Waals surface area (Å²) < 4.78 is 88.5. The number of hydrogen-bond donors (Lipinski definition) is 1. The quantitative estimate of drug-likeness (QED) is 0.291. The van der Waals surface area contributed by atoms with E-state index in [2.05, 4.69) is 55.9 Å². The van der Waals surface area contributed by atoms with Crippen LogP contribution in [0.3, 0.4) is 0 Å². The van der Waals surface area contributed by atoms with Crippen LogP contribution in [0.1, 0.15) is 103 Å². The maximum absolute atomic E-state index is 12.8. The third kappa shape index (κ3) is 14.4. The molecule has 2 aliphatic heterocycles. The first-order chi connectivity index (χ1) is 25.0. The van der Waals surface area contributed by atoms with E-state index in [0.717, 1.165) is 61.1 Å². The number of benzene rings is 2. The lowest BCUT2D eigenvalue weighted by Crippen LogP contribution is -2.53. The minimum atomic E-state index is -4.35. The van der Waals surface area contributed by atoms with Crippen molar-refractivity contribution in [2.45, 2.75) is 129 Å². The van der Waals surface area contributed by atoms with Crippen LogP contribution in [0.25, 0.3) is 0 Å². The number of nitrogens with one attached hydrogen (secondary N) is 1. The second kappa shape index (κ2) is 17.9. The SMILES string of the molecule is CC1(NCc2ccc(C(F)(F)F)cc2Br)CCN(C(=O)OC(C)(C)C)CC1.CN(Cc1ccc(C(F)(F)F)cc1Br)C1(C)CCN(C(=O)OC(C)(C)C)CC1. The molecule has 0 aromatic heterocycles. The van der Waals surface area contributed by atoms with Gasteiger partial charge in [-0.1, -0.05) is 44.0 Å². The number of piperidine rings is 2. The first kappa shape index (κ1) is 46.8. The van der Waals surface area contributed by atoms with E-state index in [-0.39, 0.29) is 23.3 Å². The molecule has 0 aliphatic carbocycles. The molecule has 0 radical (unpaired) electrons. The van der Waals surface area contributed by atoms with Crippen molar-refractivity contribution in [3.8, 4) is 0 Å². The number of amides is 2. The molecule has 0 bridgehead atoms. The maximum atomic E-state index is 12.8. The summed E-state index contributed by atoms with van der Waals surface area (Å²) in [6.45, 7) is 18.5. The van der Waals surface area contributed by atoms with Gasteiger partial charge < -0.3 is 24.6 Å². The second-order valence-electron chi connectivity index (χ2n) is 16.8. The van der Waals surface area contributed by atoms with Gasteiger partial charge >= 0.3 is 24.5 Å². The van der Waals surface area contributed by atoms with Crippen LogP contribution >= 0.6 is 31.9 Å². The lowest BCUT2D eigenvalue weighted by atomic mass is 9.87. The monoisotopic (exact) mass is 914 g/mol. The summed E-state index contributed by atoms with van der Waals surface area (Å²) in [5.74, 6) is 0. The molecule has 1 N–H and O–H groups in total. The van der Waals surface area contributed by atoms with Crippen molar-refractivity contribution in [3.63, 3.8) is 0 Å². The van der Waals surface area contributed by atoms with E-state index in [1.165, 1.54) is 12.1 Å². The Bertz CT molecular complexity index is 1630. The lowest BCUT2D eigenvalue weighted by Gasteiger charge is -2.45. The largest absolute Gasteiger partial charge is 0.444 e. The Morgan fingerprint density at radius 1 is 0.709 bits per heavy atom. The van der Waals surface area contributed by atoms with Gasteiger partial charge in [-0.15, -0.1) is 0 Å². The standard InChI is InChI=1S/C20H28BrF3N2O2.C19H26BrF3N2O2/c1-18(2,3)28-17(27)26-10-8-19(4,9-11-26)25(5)13-14-6-7-15(12-16(14)21)20(22,23)24;1-17(2,3)27-16(26)25-9-7-18(4,8-10-25)24-12-13-5-6-14(11-15(13)20)19(21,22)23/h6-7,12H,8-11,13H2,1-5H3;5-6,11,24H,7-10,12H2,1-4H3. The van der Waals surface area contributed by atoms with Crippen molar-refractivity contribution in [2.75, 3.05) is 33.2 Å². The fourth-order valence-electron chi connectivity index (χ4n) is 6.04. The van der Waals surface area contributed by atoms with Crippen LogP contribution in [0.4, 0.5) is 35.9 Å². The second-order valence-corrected chi connectivity index (χ2v) is 18.5. The molecule has 0 saturated carbocycles. The Morgan fingerprint density at radius 3 is 1.45 bits per heavy atom. The van der Waals surface area contributed by atoms with E-state index in [0.29, 0.717) is 48.2 Å². The maximum Gasteiger partial charge on any atom is 0.416 e. The van der Waals surface area contributed by atoms with Gasteiger partial charge in [0, 0.05) is 59.3 Å². The number of halogens is 8. The molecule has 2 aromatic rings. The third-order valence-electron chi connectivity index (χ3n) is 9.81. The van der Waals surface area contributed by atoms with Crippen molar-refractivity contribution in [1.29, 1.82) is 0 Å². The predicted octanol–water partition coefficient (Wildman–Crippen LogP) is 11.0. The molecular weight excluding hydrogens is 862 g/mol. The Morgan fingerprint density at radius 2 is 1.09 bits per heavy atom. The summed E-state index contributed by atoms with van der Waals surface area (Å²) in [5.41, 5.74) is -1.17. The number of likely N-dealkylation sites (tertiary alicyclic amines) is 2. The Balaban J connectivity index is 0.000000296. The third-order valence-corrected chi connectivity index (χ3v) is 11.3. The molecule has 2 amide bonds. The molecule has 0 spiro atoms. The highest BCUT2D eigenvalue weighted by Gasteiger charge is 2.38. The highest BCUT2D eigenvalue weighted by atomic mass is 79.9. The summed E-state index contributed by atoms with van der Waals surface area (Å²) in [5, 5.41) is 3.43. The predicted molar refractivity (Wildman–Crippen MR) is 207 cm³/mol. The Kier molecular flexibility index (Phi) is 15.3. The highest BCUT2D eigenvalue weighted by molar-refractivity contribution is 9.10. The number of alkyl halides is 6. The number of rotatable bonds is 6. The number of hydrogen-bond acceptors (Lipinski definition) is 6. The summed E-state index contributed by atoms with van der Waals surface area (Å²) in [6.07, 6.45) is -6.31. The number of carbonyl (C=O) groups excluding carboxylic acids is 2. The Labute approximate surface area is 337 Å². The topological polar surface area (TPSA) is 74.4 Å². The zero-order valence-corrected chi connectivity index (χ0v) is 36.2. The summed E-state index contributed by atoms with van der Waals surface area (Å²) in [7, 11) is 1.97. The number of nitrogens with zero attached hydrogens (tertiary/aromatic N) is 3. The number of ether oxygens (including phenoxy) is 2. The molecule has 310 valence electrons. The first-order valence-electron chi connectivity index (χ1n) is 18.1. The van der Waals surface area contributed by atoms with E-state index in [1.54, 1.807) is 9.80 Å². The van der Waals surface area contributed by atoms with Gasteiger partial charge in [-0.2, -0.15) is 26.3 Å². The van der Waals surface area contributed by atoms with Crippen LogP contribution in [0.2, 0.25) is 0 Å². The van der Waals surface area contributed by atoms with Crippen LogP contribution < -0.4 is 5.32 Å². The van der Waals surface area contributed by atoms with Gasteiger partial charge in [0.25, 0.3) is 0 Å². The smallest absolute Gasteiger partial charge is 0.416 e. The van der Waals surface area contributed by atoms with Gasteiger partial charge in [0.15, 0.2) is 0 Å². The van der Waals surface area contributed by atoms with Gasteiger partial charge in [-0.05, 0) is 124 Å². The summed E-state index contributed by atoms with van der Waals surface area (Å²) in [6, 6.07) is 7.43. The van der Waals surface area contributed by atoms with Crippen LogP contribution in [0.15, 0.2) is 45.3 Å². The summed E-state index contributed by atoms with van der Waals surface area (Å²) >= 11 is 6.50. The van der Waals surface area contributed by atoms with Crippen LogP contribution in [0, 0.1) is 0 Å². The van der Waals surface area contributed by atoms with Crippen molar-refractivity contribution in [1.82, 2.24) is 20.0 Å². The van der Waals surface area contributed by atoms with Crippen molar-refractivity contribution in [3.05, 3.63) is 67.6 Å². The molecule has 4 rings (SSSR count). The molecule has 2 fully saturated rings. The molecule has 8 nitrogen and oxygen atoms in total. The summed E-state index contributed by atoms with van der Waals surface area (Å²) in [4.78, 5) is 29.9. The van der Waals surface area contributed by atoms with Crippen molar-refractivity contribution >= 4 is 44.0 Å². The van der Waals surface area contributed by atoms with Gasteiger partial charge in [-0.25, -0.2) is 9.59 Å². The Hall–Kier alpha value is -2.56. The van der Waals surface area contributed by atoms with Gasteiger partial charge in [0.05, 0.1) is 11.1 Å². The highest BCUT2D eigenvalue weighted by Crippen LogP contribution is 2.36. The molecule has 2 saturated heterocycles. The molecular formula is C39H54Br2F6N4O4. The average molecular weight is 917 g/mol. The van der Waals surface area contributed by atoms with Gasteiger partial charge in [0.2, 0.25) is 0 Å². The van der Waals surface area contributed by atoms with E-state index in [9.17, 15) is 35.9 Å². The zero-order valence-electron chi connectivity index (χ0n) is 33.0. The molecule has 0 atom stereocenters. The van der Waals surface area contributed by atoms with E-state index in [4.69, 9.17) is 9.47 Å². The van der Waals surface area contributed by atoms with Gasteiger partial charge in [0.1, 0.15) is 11.2 Å². The van der Waals surface area contributed by atoms with Gasteiger partial charge in [-0.3, -0.25) is 4.90 Å².